The van der Waals surface area contributed by atoms with E-state index in [2.05, 4.69) is 0 Å². The lowest BCUT2D eigenvalue weighted by Crippen LogP contribution is -2.23. The van der Waals surface area contributed by atoms with E-state index in [1.54, 1.807) is 26.0 Å². The predicted molar refractivity (Wildman–Crippen MR) is 79.0 cm³/mol. The topological polar surface area (TPSA) is 55.8 Å². The summed E-state index contributed by atoms with van der Waals surface area (Å²) in [6.45, 7) is 6.48. The molecule has 5 heteroatoms. The maximum atomic E-state index is 14.3. The highest BCUT2D eigenvalue weighted by Gasteiger charge is 2.32. The summed E-state index contributed by atoms with van der Waals surface area (Å²) in [6.07, 6.45) is -0.0646. The van der Waals surface area contributed by atoms with Crippen molar-refractivity contribution < 1.29 is 23.8 Å². The van der Waals surface area contributed by atoms with Gasteiger partial charge >= 0.3 is 5.97 Å². The monoisotopic (exact) mass is 298 g/mol. The Kier molecular flexibility index (Phi) is 4.87. The van der Waals surface area contributed by atoms with E-state index in [9.17, 15) is 9.18 Å². The fraction of sp³-hybridized carbons (Fsp3) is 0.562. The molecule has 1 N–H and O–H groups in total. The van der Waals surface area contributed by atoms with Crippen molar-refractivity contribution in [3.8, 4) is 11.5 Å². The fourth-order valence-corrected chi connectivity index (χ4v) is 2.36. The first-order valence-electron chi connectivity index (χ1n) is 6.70. The molecule has 0 heterocycles. The van der Waals surface area contributed by atoms with Crippen molar-refractivity contribution in [1.29, 1.82) is 0 Å². The number of hydrogen-bond acceptors (Lipinski definition) is 3. The molecule has 0 aliphatic heterocycles. The van der Waals surface area contributed by atoms with Gasteiger partial charge in [0.1, 0.15) is 17.2 Å². The van der Waals surface area contributed by atoms with Crippen LogP contribution in [0, 0.1) is 0 Å². The molecular weight excluding hydrogens is 275 g/mol. The minimum absolute atomic E-state index is 0.0646. The van der Waals surface area contributed by atoms with Crippen molar-refractivity contribution in [2.75, 3.05) is 14.2 Å². The summed E-state index contributed by atoms with van der Waals surface area (Å²) in [4.78, 5) is 11.0. The molecule has 1 aromatic rings. The van der Waals surface area contributed by atoms with Crippen LogP contribution in [0.5, 0.6) is 11.5 Å². The Morgan fingerprint density at radius 3 is 1.90 bits per heavy atom. The summed E-state index contributed by atoms with van der Waals surface area (Å²) in [7, 11) is 2.95. The lowest BCUT2D eigenvalue weighted by molar-refractivity contribution is -0.138. The molecule has 0 saturated heterocycles. The third-order valence-corrected chi connectivity index (χ3v) is 3.48. The molecule has 0 amide bonds. The Balaban J connectivity index is 3.51. The van der Waals surface area contributed by atoms with Crippen LogP contribution in [0.1, 0.15) is 45.2 Å². The Labute approximate surface area is 124 Å². The number of carboxylic acids is 1. The highest BCUT2D eigenvalue weighted by atomic mass is 19.1. The molecule has 118 valence electrons. The third kappa shape index (κ3) is 3.86. The molecule has 0 unspecified atom stereocenters. The van der Waals surface area contributed by atoms with Gasteiger partial charge in [0, 0.05) is 16.5 Å². The number of alkyl halides is 1. The van der Waals surface area contributed by atoms with E-state index in [1.807, 2.05) is 0 Å². The summed E-state index contributed by atoms with van der Waals surface area (Å²) >= 11 is 0. The van der Waals surface area contributed by atoms with Crippen LogP contribution in [0.25, 0.3) is 0 Å². The Bertz CT molecular complexity index is 530. The van der Waals surface area contributed by atoms with E-state index < -0.39 is 17.1 Å². The number of aliphatic carboxylic acids is 1. The Morgan fingerprint density at radius 1 is 1.10 bits per heavy atom. The highest BCUT2D eigenvalue weighted by Crippen LogP contribution is 2.42. The van der Waals surface area contributed by atoms with Crippen molar-refractivity contribution in [3.63, 3.8) is 0 Å². The third-order valence-electron chi connectivity index (χ3n) is 3.48. The van der Waals surface area contributed by atoms with Crippen LogP contribution in [0.2, 0.25) is 0 Å². The molecule has 1 aromatic carbocycles. The van der Waals surface area contributed by atoms with E-state index >= 15 is 0 Å². The second-order valence-corrected chi connectivity index (χ2v) is 6.18. The minimum atomic E-state index is -1.59. The molecule has 4 nitrogen and oxygen atoms in total. The number of halogens is 1. The number of methoxy groups -OCH3 is 2. The maximum absolute atomic E-state index is 14.3. The molecule has 0 bridgehead atoms. The van der Waals surface area contributed by atoms with Gasteiger partial charge in [-0.3, -0.25) is 4.79 Å². The van der Waals surface area contributed by atoms with Gasteiger partial charge in [0.15, 0.2) is 0 Å². The molecule has 1 rings (SSSR count). The first-order valence-corrected chi connectivity index (χ1v) is 6.70. The van der Waals surface area contributed by atoms with Crippen LogP contribution < -0.4 is 9.47 Å². The van der Waals surface area contributed by atoms with Crippen molar-refractivity contribution in [3.05, 3.63) is 23.3 Å². The second-order valence-electron chi connectivity index (χ2n) is 6.18. The zero-order chi connectivity index (χ0) is 16.4. The summed E-state index contributed by atoms with van der Waals surface area (Å²) in [5.74, 6) is -0.0598. The zero-order valence-corrected chi connectivity index (χ0v) is 13.4. The van der Waals surface area contributed by atoms with Crippen molar-refractivity contribution >= 4 is 5.97 Å². The SMILES string of the molecule is COc1cc(C(C)(C)CC(=O)O)c(OC)cc1C(C)(C)F. The number of ether oxygens (including phenoxy) is 2. The van der Waals surface area contributed by atoms with E-state index in [0.717, 1.165) is 0 Å². The van der Waals surface area contributed by atoms with E-state index in [1.165, 1.54) is 28.1 Å². The Hall–Kier alpha value is -1.78. The van der Waals surface area contributed by atoms with Crippen LogP contribution in [-0.4, -0.2) is 25.3 Å². The first kappa shape index (κ1) is 17.3. The van der Waals surface area contributed by atoms with Gasteiger partial charge in [-0.05, 0) is 26.0 Å². The molecule has 0 aromatic heterocycles. The molecule has 0 saturated carbocycles. The lowest BCUT2D eigenvalue weighted by Gasteiger charge is -2.28. The van der Waals surface area contributed by atoms with Gasteiger partial charge in [-0.2, -0.15) is 0 Å². The quantitative estimate of drug-likeness (QED) is 0.870. The number of carbonyl (C=O) groups is 1. The number of benzene rings is 1. The molecule has 21 heavy (non-hydrogen) atoms. The lowest BCUT2D eigenvalue weighted by atomic mass is 9.79. The van der Waals surface area contributed by atoms with Crippen LogP contribution in [0.4, 0.5) is 4.39 Å². The smallest absolute Gasteiger partial charge is 0.304 e. The largest absolute Gasteiger partial charge is 0.496 e. The molecule has 0 atom stereocenters. The van der Waals surface area contributed by atoms with Crippen LogP contribution >= 0.6 is 0 Å². The average Bonchev–Trinajstić information content (AvgIpc) is 2.34. The van der Waals surface area contributed by atoms with Gasteiger partial charge in [0.25, 0.3) is 0 Å². The van der Waals surface area contributed by atoms with Crippen molar-refractivity contribution in [1.82, 2.24) is 0 Å². The predicted octanol–water partition coefficient (Wildman–Crippen LogP) is 3.66. The van der Waals surface area contributed by atoms with Crippen LogP contribution in [0.15, 0.2) is 12.1 Å². The fourth-order valence-electron chi connectivity index (χ4n) is 2.36. The van der Waals surface area contributed by atoms with Gasteiger partial charge in [0.2, 0.25) is 0 Å². The number of hydrogen-bond donors (Lipinski definition) is 1. The molecule has 0 aliphatic rings. The first-order chi connectivity index (χ1) is 9.52. The summed E-state index contributed by atoms with van der Waals surface area (Å²) in [5, 5.41) is 9.05. The second kappa shape index (κ2) is 5.92. The van der Waals surface area contributed by atoms with E-state index in [4.69, 9.17) is 14.6 Å². The summed E-state index contributed by atoms with van der Waals surface area (Å²) in [6, 6.07) is 3.25. The summed E-state index contributed by atoms with van der Waals surface area (Å²) in [5.41, 5.74) is -1.20. The van der Waals surface area contributed by atoms with E-state index in [-0.39, 0.29) is 6.42 Å². The standard InChI is InChI=1S/C16H23FO4/c1-15(2,9-14(18)19)10-7-13(21-6)11(16(3,4)17)8-12(10)20-5/h7-8H,9H2,1-6H3,(H,18,19). The van der Waals surface area contributed by atoms with Gasteiger partial charge in [-0.25, -0.2) is 4.39 Å². The van der Waals surface area contributed by atoms with Crippen LogP contribution in [-0.2, 0) is 15.9 Å². The molecule has 0 fully saturated rings. The van der Waals surface area contributed by atoms with Gasteiger partial charge in [-0.1, -0.05) is 13.8 Å². The number of carboxylic acid groups (broad SMARTS) is 1. The highest BCUT2D eigenvalue weighted by molar-refractivity contribution is 5.69. The minimum Gasteiger partial charge on any atom is -0.496 e. The Morgan fingerprint density at radius 2 is 1.52 bits per heavy atom. The average molecular weight is 298 g/mol. The van der Waals surface area contributed by atoms with Gasteiger partial charge in [0.05, 0.1) is 20.6 Å². The van der Waals surface area contributed by atoms with Gasteiger partial charge in [-0.15, -0.1) is 0 Å². The molecule has 0 aliphatic carbocycles. The number of rotatable bonds is 6. The van der Waals surface area contributed by atoms with Crippen molar-refractivity contribution in [2.45, 2.75) is 45.2 Å². The van der Waals surface area contributed by atoms with E-state index in [0.29, 0.717) is 22.6 Å². The maximum Gasteiger partial charge on any atom is 0.304 e. The van der Waals surface area contributed by atoms with Gasteiger partial charge < -0.3 is 14.6 Å². The summed E-state index contributed by atoms with van der Waals surface area (Å²) < 4.78 is 24.9. The molecule has 0 spiro atoms. The van der Waals surface area contributed by atoms with Crippen molar-refractivity contribution in [2.24, 2.45) is 0 Å². The molecule has 0 radical (unpaired) electrons. The molecular formula is C16H23FO4. The zero-order valence-electron chi connectivity index (χ0n) is 13.4. The van der Waals surface area contributed by atoms with Crippen LogP contribution in [0.3, 0.4) is 0 Å². The normalized spacial score (nSPS) is 12.1.